The first-order chi connectivity index (χ1) is 6.74. The van der Waals surface area contributed by atoms with E-state index < -0.39 is 0 Å². The lowest BCUT2D eigenvalue weighted by atomic mass is 10.0. The predicted octanol–water partition coefficient (Wildman–Crippen LogP) is 1.57. The van der Waals surface area contributed by atoms with Gasteiger partial charge in [0.25, 0.3) is 0 Å². The van der Waals surface area contributed by atoms with Crippen LogP contribution < -0.4 is 10.6 Å². The van der Waals surface area contributed by atoms with E-state index in [1.165, 1.54) is 23.2 Å². The summed E-state index contributed by atoms with van der Waals surface area (Å²) in [4.78, 5) is 2.38. The third-order valence-corrected chi connectivity index (χ3v) is 3.15. The number of para-hydroxylation sites is 1. The van der Waals surface area contributed by atoms with Gasteiger partial charge in [0.15, 0.2) is 0 Å². The lowest BCUT2D eigenvalue weighted by Gasteiger charge is -2.21. The summed E-state index contributed by atoms with van der Waals surface area (Å²) >= 11 is 0. The molecule has 0 fully saturated rings. The fourth-order valence-electron chi connectivity index (χ4n) is 2.30. The van der Waals surface area contributed by atoms with Gasteiger partial charge in [0.05, 0.1) is 0 Å². The molecule has 1 heterocycles. The second kappa shape index (κ2) is 3.62. The Morgan fingerprint density at radius 2 is 2.29 bits per heavy atom. The van der Waals surface area contributed by atoms with E-state index in [0.29, 0.717) is 6.04 Å². The Kier molecular flexibility index (Phi) is 2.46. The molecule has 2 nitrogen and oxygen atoms in total. The summed E-state index contributed by atoms with van der Waals surface area (Å²) in [5.74, 6) is 0. The summed E-state index contributed by atoms with van der Waals surface area (Å²) in [6, 6.07) is 7.20. The minimum Gasteiger partial charge on any atom is -0.371 e. The predicted molar refractivity (Wildman–Crippen MR) is 60.8 cm³/mol. The topological polar surface area (TPSA) is 29.3 Å². The first-order valence-electron chi connectivity index (χ1n) is 5.27. The summed E-state index contributed by atoms with van der Waals surface area (Å²) in [7, 11) is 2.18. The highest BCUT2D eigenvalue weighted by Gasteiger charge is 2.24. The van der Waals surface area contributed by atoms with Crippen molar-refractivity contribution in [2.45, 2.75) is 25.8 Å². The van der Waals surface area contributed by atoms with Gasteiger partial charge >= 0.3 is 0 Å². The molecule has 1 aromatic carbocycles. The average molecular weight is 190 g/mol. The number of fused-ring (bicyclic) bond motifs is 1. The molecule has 0 saturated carbocycles. The van der Waals surface area contributed by atoms with E-state index in [-0.39, 0.29) is 0 Å². The van der Waals surface area contributed by atoms with Crippen molar-refractivity contribution in [1.29, 1.82) is 0 Å². The first-order valence-corrected chi connectivity index (χ1v) is 5.27. The number of likely N-dealkylation sites (N-methyl/N-ethyl adjacent to an activating group) is 1. The summed E-state index contributed by atoms with van der Waals surface area (Å²) in [6.07, 6.45) is 2.16. The van der Waals surface area contributed by atoms with Gasteiger partial charge in [0.1, 0.15) is 0 Å². The maximum absolute atomic E-state index is 5.62. The third-order valence-electron chi connectivity index (χ3n) is 3.15. The molecule has 1 unspecified atom stereocenters. The summed E-state index contributed by atoms with van der Waals surface area (Å²) in [5, 5.41) is 0. The van der Waals surface area contributed by atoms with Crippen LogP contribution in [0.4, 0.5) is 5.69 Å². The molecule has 0 radical (unpaired) electrons. The Bertz CT molecular complexity index is 333. The minimum atomic E-state index is 0.629. The van der Waals surface area contributed by atoms with Gasteiger partial charge < -0.3 is 10.6 Å². The van der Waals surface area contributed by atoms with Crippen LogP contribution in [-0.2, 0) is 12.8 Å². The van der Waals surface area contributed by atoms with Gasteiger partial charge in [-0.25, -0.2) is 0 Å². The van der Waals surface area contributed by atoms with Crippen molar-refractivity contribution in [3.05, 3.63) is 29.3 Å². The number of hydrogen-bond donors (Lipinski definition) is 1. The number of benzene rings is 1. The van der Waals surface area contributed by atoms with E-state index in [1.54, 1.807) is 0 Å². The molecule has 0 bridgehead atoms. The van der Waals surface area contributed by atoms with Crippen molar-refractivity contribution in [2.24, 2.45) is 5.73 Å². The number of anilines is 1. The Morgan fingerprint density at radius 3 is 3.00 bits per heavy atom. The molecule has 2 rings (SSSR count). The quantitative estimate of drug-likeness (QED) is 0.767. The zero-order chi connectivity index (χ0) is 10.1. The molecular formula is C12H18N2. The van der Waals surface area contributed by atoms with Crippen molar-refractivity contribution >= 4 is 5.69 Å². The van der Waals surface area contributed by atoms with Crippen LogP contribution in [0.3, 0.4) is 0 Å². The first kappa shape index (κ1) is 9.53. The lowest BCUT2D eigenvalue weighted by Crippen LogP contribution is -2.24. The van der Waals surface area contributed by atoms with Crippen LogP contribution in [0, 0.1) is 0 Å². The van der Waals surface area contributed by atoms with Crippen molar-refractivity contribution in [3.8, 4) is 0 Å². The number of nitrogens with zero attached hydrogens (tertiary/aromatic N) is 1. The Labute approximate surface area is 85.7 Å². The second-order valence-corrected chi connectivity index (χ2v) is 4.13. The normalized spacial score (nSPS) is 19.9. The van der Waals surface area contributed by atoms with Crippen molar-refractivity contribution in [1.82, 2.24) is 0 Å². The van der Waals surface area contributed by atoms with Crippen LogP contribution in [0.1, 0.15) is 18.1 Å². The molecular weight excluding hydrogens is 172 g/mol. The molecule has 0 amide bonds. The summed E-state index contributed by atoms with van der Waals surface area (Å²) < 4.78 is 0. The van der Waals surface area contributed by atoms with Crippen molar-refractivity contribution < 1.29 is 0 Å². The van der Waals surface area contributed by atoms with Crippen molar-refractivity contribution in [3.63, 3.8) is 0 Å². The van der Waals surface area contributed by atoms with E-state index >= 15 is 0 Å². The smallest absolute Gasteiger partial charge is 0.0432 e. The maximum atomic E-state index is 5.62. The zero-order valence-electron chi connectivity index (χ0n) is 8.96. The molecule has 0 spiro atoms. The highest BCUT2D eigenvalue weighted by atomic mass is 15.2. The Morgan fingerprint density at radius 1 is 1.50 bits per heavy atom. The van der Waals surface area contributed by atoms with E-state index in [2.05, 4.69) is 37.1 Å². The fraction of sp³-hybridized carbons (Fsp3) is 0.500. The van der Waals surface area contributed by atoms with Crippen LogP contribution in [-0.4, -0.2) is 19.6 Å². The van der Waals surface area contributed by atoms with Gasteiger partial charge in [-0.15, -0.1) is 0 Å². The van der Waals surface area contributed by atoms with Gasteiger partial charge in [-0.3, -0.25) is 0 Å². The van der Waals surface area contributed by atoms with Gasteiger partial charge in [-0.05, 0) is 37.4 Å². The molecule has 0 aliphatic carbocycles. The van der Waals surface area contributed by atoms with Gasteiger partial charge in [0.2, 0.25) is 0 Å². The number of hydrogen-bond acceptors (Lipinski definition) is 2. The lowest BCUT2D eigenvalue weighted by molar-refractivity contribution is 0.730. The van der Waals surface area contributed by atoms with Crippen LogP contribution in [0.5, 0.6) is 0 Å². The molecule has 0 aromatic heterocycles. The van der Waals surface area contributed by atoms with E-state index in [4.69, 9.17) is 5.73 Å². The molecule has 2 heteroatoms. The number of rotatable bonds is 2. The molecule has 1 aliphatic heterocycles. The Balaban J connectivity index is 2.42. The van der Waals surface area contributed by atoms with Gasteiger partial charge in [-0.2, -0.15) is 0 Å². The van der Waals surface area contributed by atoms with E-state index in [1.807, 2.05) is 0 Å². The van der Waals surface area contributed by atoms with E-state index in [0.717, 1.165) is 13.0 Å². The second-order valence-electron chi connectivity index (χ2n) is 4.13. The molecule has 1 aromatic rings. The molecule has 1 aliphatic rings. The zero-order valence-corrected chi connectivity index (χ0v) is 8.96. The summed E-state index contributed by atoms with van der Waals surface area (Å²) in [6.45, 7) is 3.00. The monoisotopic (exact) mass is 190 g/mol. The Hall–Kier alpha value is -1.02. The SMILES string of the molecule is CC1Cc2cccc(CCN)c2N1C. The molecule has 2 N–H and O–H groups in total. The van der Waals surface area contributed by atoms with Crippen molar-refractivity contribution in [2.75, 3.05) is 18.5 Å². The largest absolute Gasteiger partial charge is 0.371 e. The third kappa shape index (κ3) is 1.40. The van der Waals surface area contributed by atoms with Crippen LogP contribution in [0.15, 0.2) is 18.2 Å². The molecule has 0 saturated heterocycles. The molecule has 1 atom stereocenters. The van der Waals surface area contributed by atoms with Crippen LogP contribution >= 0.6 is 0 Å². The van der Waals surface area contributed by atoms with Gasteiger partial charge in [0, 0.05) is 18.8 Å². The highest BCUT2D eigenvalue weighted by Crippen LogP contribution is 2.33. The van der Waals surface area contributed by atoms with Gasteiger partial charge in [-0.1, -0.05) is 18.2 Å². The summed E-state index contributed by atoms with van der Waals surface area (Å²) in [5.41, 5.74) is 9.92. The average Bonchev–Trinajstić information content (AvgIpc) is 2.45. The molecule has 14 heavy (non-hydrogen) atoms. The van der Waals surface area contributed by atoms with E-state index in [9.17, 15) is 0 Å². The highest BCUT2D eigenvalue weighted by molar-refractivity contribution is 5.64. The van der Waals surface area contributed by atoms with Crippen LogP contribution in [0.25, 0.3) is 0 Å². The fourth-order valence-corrected chi connectivity index (χ4v) is 2.30. The minimum absolute atomic E-state index is 0.629. The standard InChI is InChI=1S/C12H18N2/c1-9-8-11-5-3-4-10(6-7-13)12(11)14(9)2/h3-5,9H,6-8,13H2,1-2H3. The number of nitrogens with two attached hydrogens (primary N) is 1. The van der Waals surface area contributed by atoms with Crippen LogP contribution in [0.2, 0.25) is 0 Å². The molecule has 76 valence electrons. The maximum Gasteiger partial charge on any atom is 0.0432 e.